The topological polar surface area (TPSA) is 122 Å². The van der Waals surface area contributed by atoms with Gasteiger partial charge in [0.05, 0.1) is 15.7 Å². The second-order valence-electron chi connectivity index (χ2n) is 7.72. The fraction of sp³-hybridized carbons (Fsp3) is 0.0769. The summed E-state index contributed by atoms with van der Waals surface area (Å²) in [6.07, 6.45) is 1.22. The summed E-state index contributed by atoms with van der Waals surface area (Å²) >= 11 is 12.3. The summed E-state index contributed by atoms with van der Waals surface area (Å²) in [6, 6.07) is 17.6. The summed E-state index contributed by atoms with van der Waals surface area (Å²) in [5.74, 6) is -2.50. The first kappa shape index (κ1) is 25.7. The number of carboxylic acids is 1. The number of rotatable bonds is 8. The van der Waals surface area contributed by atoms with Crippen LogP contribution in [-0.2, 0) is 21.0 Å². The number of benzene rings is 3. The average Bonchev–Trinajstić information content (AvgIpc) is 2.86. The first-order valence-corrected chi connectivity index (χ1v) is 11.5. The number of hydrogen-bond donors (Lipinski definition) is 2. The number of carboxylic acid groups (broad SMARTS) is 1. The van der Waals surface area contributed by atoms with Gasteiger partial charge >= 0.3 is 12.0 Å². The molecule has 1 aliphatic heterocycles. The van der Waals surface area contributed by atoms with Gasteiger partial charge in [0.25, 0.3) is 11.8 Å². The van der Waals surface area contributed by atoms with Gasteiger partial charge in [0.2, 0.25) is 0 Å². The zero-order valence-electron chi connectivity index (χ0n) is 18.9. The predicted octanol–water partition coefficient (Wildman–Crippen LogP) is 4.70. The Hall–Kier alpha value is -4.34. The summed E-state index contributed by atoms with van der Waals surface area (Å²) in [4.78, 5) is 49.7. The van der Waals surface area contributed by atoms with Crippen molar-refractivity contribution in [3.63, 3.8) is 0 Å². The molecule has 11 heteroatoms. The number of urea groups is 1. The second kappa shape index (κ2) is 11.2. The maximum Gasteiger partial charge on any atom is 0.341 e. The Bertz CT molecular complexity index is 1380. The van der Waals surface area contributed by atoms with E-state index in [2.05, 4.69) is 5.32 Å². The molecule has 37 heavy (non-hydrogen) atoms. The molecule has 0 radical (unpaired) electrons. The number of hydrogen-bond acceptors (Lipinski definition) is 6. The molecule has 3 aromatic carbocycles. The van der Waals surface area contributed by atoms with E-state index in [1.807, 2.05) is 30.3 Å². The van der Waals surface area contributed by atoms with Crippen LogP contribution >= 0.6 is 23.2 Å². The van der Waals surface area contributed by atoms with Crippen LogP contribution in [0.2, 0.25) is 10.0 Å². The van der Waals surface area contributed by atoms with E-state index in [0.717, 1.165) is 10.5 Å². The second-order valence-corrected chi connectivity index (χ2v) is 8.54. The number of imide groups is 2. The first-order valence-electron chi connectivity index (χ1n) is 10.7. The lowest BCUT2D eigenvalue weighted by molar-refractivity contribution is -0.139. The molecule has 0 saturated carbocycles. The van der Waals surface area contributed by atoms with E-state index in [0.29, 0.717) is 12.4 Å². The SMILES string of the molecule is O=C(O)COc1c(Cl)cc(/C=C2\C(=O)NC(=O)N(c3ccc(OCc4ccccc4)cc3)C2=O)cc1Cl. The molecule has 4 amide bonds. The molecule has 3 aromatic rings. The number of carbonyl (C=O) groups is 4. The minimum Gasteiger partial charge on any atom is -0.489 e. The summed E-state index contributed by atoms with van der Waals surface area (Å²) in [6.45, 7) is -0.316. The molecule has 188 valence electrons. The zero-order valence-corrected chi connectivity index (χ0v) is 20.5. The van der Waals surface area contributed by atoms with Crippen molar-refractivity contribution in [3.05, 3.63) is 93.5 Å². The molecule has 9 nitrogen and oxygen atoms in total. The Labute approximate surface area is 220 Å². The highest BCUT2D eigenvalue weighted by Crippen LogP contribution is 2.35. The quantitative estimate of drug-likeness (QED) is 0.313. The van der Waals surface area contributed by atoms with E-state index in [-0.39, 0.29) is 32.6 Å². The lowest BCUT2D eigenvalue weighted by atomic mass is 10.1. The van der Waals surface area contributed by atoms with Crippen molar-refractivity contribution < 1.29 is 33.8 Å². The number of ether oxygens (including phenoxy) is 2. The third-order valence-corrected chi connectivity index (χ3v) is 5.68. The van der Waals surface area contributed by atoms with E-state index >= 15 is 0 Å². The van der Waals surface area contributed by atoms with Gasteiger partial charge in [0, 0.05) is 0 Å². The highest BCUT2D eigenvalue weighted by atomic mass is 35.5. The number of barbiturate groups is 1. The highest BCUT2D eigenvalue weighted by molar-refractivity contribution is 6.40. The molecule has 1 aliphatic rings. The van der Waals surface area contributed by atoms with Gasteiger partial charge in [-0.1, -0.05) is 53.5 Å². The molecule has 2 N–H and O–H groups in total. The largest absolute Gasteiger partial charge is 0.489 e. The Balaban J connectivity index is 1.54. The standard InChI is InChI=1S/C26H18Cl2N2O7/c27-20-11-16(12-21(28)23(20)37-14-22(31)32)10-19-24(33)29-26(35)30(25(19)34)17-6-8-18(9-7-17)36-13-15-4-2-1-3-5-15/h1-12H,13-14H2,(H,31,32)(H,29,33,35)/b19-10+. The number of nitrogens with zero attached hydrogens (tertiary/aromatic N) is 1. The molecule has 1 fully saturated rings. The smallest absolute Gasteiger partial charge is 0.341 e. The summed E-state index contributed by atoms with van der Waals surface area (Å²) < 4.78 is 10.8. The van der Waals surface area contributed by atoms with Gasteiger partial charge in [-0.15, -0.1) is 0 Å². The molecule has 0 unspecified atom stereocenters. The van der Waals surface area contributed by atoms with Crippen molar-refractivity contribution >= 4 is 58.8 Å². The Morgan fingerprint density at radius 1 is 0.946 bits per heavy atom. The minimum atomic E-state index is -1.22. The number of nitrogens with one attached hydrogen (secondary N) is 1. The normalized spacial score (nSPS) is 14.5. The Morgan fingerprint density at radius 3 is 2.22 bits per heavy atom. The molecule has 0 aliphatic carbocycles. The molecule has 4 rings (SSSR count). The average molecular weight is 541 g/mol. The van der Waals surface area contributed by atoms with Crippen molar-refractivity contribution in [3.8, 4) is 11.5 Å². The Kier molecular flexibility index (Phi) is 7.76. The number of carbonyl (C=O) groups excluding carboxylic acids is 3. The summed E-state index contributed by atoms with van der Waals surface area (Å²) in [7, 11) is 0. The lowest BCUT2D eigenvalue weighted by Crippen LogP contribution is -2.54. The third kappa shape index (κ3) is 6.08. The van der Waals surface area contributed by atoms with Crippen LogP contribution in [0.15, 0.2) is 72.3 Å². The molecule has 1 heterocycles. The Morgan fingerprint density at radius 2 is 1.59 bits per heavy atom. The van der Waals surface area contributed by atoms with Crippen LogP contribution in [0.5, 0.6) is 11.5 Å². The molecular formula is C26H18Cl2N2O7. The number of halogens is 2. The van der Waals surface area contributed by atoms with Gasteiger partial charge in [-0.2, -0.15) is 0 Å². The minimum absolute atomic E-state index is 0.0247. The molecule has 0 aromatic heterocycles. The molecule has 0 spiro atoms. The number of aliphatic carboxylic acids is 1. The lowest BCUT2D eigenvalue weighted by Gasteiger charge is -2.26. The van der Waals surface area contributed by atoms with Crippen LogP contribution < -0.4 is 19.7 Å². The summed E-state index contributed by atoms with van der Waals surface area (Å²) in [5.41, 5.74) is 1.12. The van der Waals surface area contributed by atoms with Crippen LogP contribution in [0.1, 0.15) is 11.1 Å². The highest BCUT2D eigenvalue weighted by Gasteiger charge is 2.36. The van der Waals surface area contributed by atoms with Gasteiger partial charge in [0.1, 0.15) is 17.9 Å². The van der Waals surface area contributed by atoms with Gasteiger partial charge in [-0.25, -0.2) is 14.5 Å². The molecule has 1 saturated heterocycles. The van der Waals surface area contributed by atoms with Gasteiger partial charge in [0.15, 0.2) is 12.4 Å². The third-order valence-electron chi connectivity index (χ3n) is 5.12. The predicted molar refractivity (Wildman–Crippen MR) is 136 cm³/mol. The van der Waals surface area contributed by atoms with Crippen molar-refractivity contribution in [2.75, 3.05) is 11.5 Å². The fourth-order valence-corrected chi connectivity index (χ4v) is 4.04. The monoisotopic (exact) mass is 540 g/mol. The van der Waals surface area contributed by atoms with E-state index in [1.165, 1.54) is 30.3 Å². The maximum atomic E-state index is 13.1. The van der Waals surface area contributed by atoms with Crippen molar-refractivity contribution in [1.82, 2.24) is 5.32 Å². The van der Waals surface area contributed by atoms with Gasteiger partial charge in [-0.05, 0) is 53.6 Å². The van der Waals surface area contributed by atoms with Gasteiger partial charge < -0.3 is 14.6 Å². The van der Waals surface area contributed by atoms with Crippen LogP contribution in [0.25, 0.3) is 6.08 Å². The zero-order chi connectivity index (χ0) is 26.5. The van der Waals surface area contributed by atoms with Crippen LogP contribution in [0.4, 0.5) is 10.5 Å². The summed E-state index contributed by atoms with van der Waals surface area (Å²) in [5, 5.41) is 10.9. The van der Waals surface area contributed by atoms with Crippen molar-refractivity contribution in [2.45, 2.75) is 6.61 Å². The van der Waals surface area contributed by atoms with Crippen molar-refractivity contribution in [2.24, 2.45) is 0 Å². The first-order chi connectivity index (χ1) is 17.7. The van der Waals surface area contributed by atoms with E-state index in [9.17, 15) is 19.2 Å². The number of anilines is 1. The fourth-order valence-electron chi connectivity index (χ4n) is 3.43. The number of amides is 4. The van der Waals surface area contributed by atoms with Crippen LogP contribution in [0.3, 0.4) is 0 Å². The maximum absolute atomic E-state index is 13.1. The van der Waals surface area contributed by atoms with Crippen LogP contribution in [-0.4, -0.2) is 35.5 Å². The van der Waals surface area contributed by atoms with Crippen LogP contribution in [0, 0.1) is 0 Å². The molecule has 0 atom stereocenters. The van der Waals surface area contributed by atoms with E-state index in [1.54, 1.807) is 12.1 Å². The van der Waals surface area contributed by atoms with Crippen molar-refractivity contribution in [1.29, 1.82) is 0 Å². The van der Waals surface area contributed by atoms with E-state index < -0.39 is 30.4 Å². The van der Waals surface area contributed by atoms with Gasteiger partial charge in [-0.3, -0.25) is 14.9 Å². The molecular weight excluding hydrogens is 523 g/mol. The van der Waals surface area contributed by atoms with E-state index in [4.69, 9.17) is 37.8 Å². The molecule has 0 bridgehead atoms.